The fraction of sp³-hybridized carbons (Fsp3) is 1.00. The van der Waals surface area contributed by atoms with Crippen LogP contribution in [0, 0.1) is 0 Å². The molecule has 224 valence electrons. The Kier molecular flexibility index (Phi) is 28.5. The predicted molar refractivity (Wildman–Crippen MR) is 151 cm³/mol. The van der Waals surface area contributed by atoms with Crippen molar-refractivity contribution in [1.29, 1.82) is 0 Å². The van der Waals surface area contributed by atoms with Crippen molar-refractivity contribution in [1.82, 2.24) is 0 Å². The summed E-state index contributed by atoms with van der Waals surface area (Å²) in [4.78, 5) is 0. The third kappa shape index (κ3) is 28.5. The van der Waals surface area contributed by atoms with E-state index in [1.54, 1.807) is 0 Å². The summed E-state index contributed by atoms with van der Waals surface area (Å²) in [6.07, 6.45) is 21.0. The van der Waals surface area contributed by atoms with E-state index in [1.165, 1.54) is 51.4 Å². The van der Waals surface area contributed by atoms with Crippen molar-refractivity contribution in [2.75, 3.05) is 26.4 Å². The minimum atomic E-state index is -0.553. The van der Waals surface area contributed by atoms with Crippen molar-refractivity contribution < 1.29 is 35.4 Å². The van der Waals surface area contributed by atoms with Gasteiger partial charge in [-0.05, 0) is 38.5 Å². The van der Waals surface area contributed by atoms with Gasteiger partial charge in [-0.15, -0.1) is 0 Å². The van der Waals surface area contributed by atoms with Gasteiger partial charge in [0.2, 0.25) is 0 Å². The van der Waals surface area contributed by atoms with Crippen LogP contribution in [0.15, 0.2) is 0 Å². The van der Waals surface area contributed by atoms with Gasteiger partial charge in [-0.3, -0.25) is 0 Å². The second kappa shape index (κ2) is 28.7. The lowest BCUT2D eigenvalue weighted by molar-refractivity contribution is 0.0522. The van der Waals surface area contributed by atoms with Gasteiger partial charge in [0, 0.05) is 13.2 Å². The van der Waals surface area contributed by atoms with Crippen molar-refractivity contribution >= 4 is 0 Å². The van der Waals surface area contributed by atoms with E-state index in [-0.39, 0.29) is 25.4 Å². The van der Waals surface area contributed by atoms with E-state index >= 15 is 0 Å². The van der Waals surface area contributed by atoms with Gasteiger partial charge < -0.3 is 35.4 Å². The quantitative estimate of drug-likeness (QED) is 0.0714. The summed E-state index contributed by atoms with van der Waals surface area (Å²) >= 11 is 0. The standard InChI is InChI=1S/C30H62O7/c31-25-29(35)19-15-11-7-3-1-5-9-13-17-27(33)21-23-37-24-22-28(34)18-14-10-6-2-4-8-12-16-20-30(36)26-32/h27-36H,1-26H2. The van der Waals surface area contributed by atoms with Gasteiger partial charge in [-0.25, -0.2) is 0 Å². The number of unbranched alkanes of at least 4 members (excludes halogenated alkanes) is 14. The summed E-state index contributed by atoms with van der Waals surface area (Å²) in [5.41, 5.74) is 0. The molecule has 0 aliphatic carbocycles. The van der Waals surface area contributed by atoms with Crippen molar-refractivity contribution in [3.05, 3.63) is 0 Å². The zero-order chi connectivity index (χ0) is 27.4. The molecule has 4 unspecified atom stereocenters. The number of ether oxygens (including phenoxy) is 1. The molecule has 0 aliphatic heterocycles. The number of rotatable bonds is 30. The van der Waals surface area contributed by atoms with Crippen LogP contribution in [0.3, 0.4) is 0 Å². The van der Waals surface area contributed by atoms with Gasteiger partial charge in [0.1, 0.15) is 0 Å². The fourth-order valence-electron chi connectivity index (χ4n) is 4.65. The van der Waals surface area contributed by atoms with E-state index in [0.717, 1.165) is 64.2 Å². The zero-order valence-electron chi connectivity index (χ0n) is 23.8. The Morgan fingerprint density at radius 3 is 0.838 bits per heavy atom. The number of aliphatic hydroxyl groups is 6. The highest BCUT2D eigenvalue weighted by atomic mass is 16.5. The van der Waals surface area contributed by atoms with Crippen LogP contribution in [0.4, 0.5) is 0 Å². The van der Waals surface area contributed by atoms with Crippen LogP contribution in [0.1, 0.15) is 141 Å². The second-order valence-corrected chi connectivity index (χ2v) is 11.0. The van der Waals surface area contributed by atoms with E-state index < -0.39 is 12.2 Å². The van der Waals surface area contributed by atoms with Gasteiger partial charge >= 0.3 is 0 Å². The molecule has 0 fully saturated rings. The highest BCUT2D eigenvalue weighted by Gasteiger charge is 2.07. The van der Waals surface area contributed by atoms with Crippen LogP contribution < -0.4 is 0 Å². The number of hydrogen-bond donors (Lipinski definition) is 6. The maximum atomic E-state index is 10.1. The predicted octanol–water partition coefficient (Wildman–Crippen LogP) is 5.01. The summed E-state index contributed by atoms with van der Waals surface area (Å²) in [5.74, 6) is 0. The molecule has 0 bridgehead atoms. The van der Waals surface area contributed by atoms with E-state index in [2.05, 4.69) is 0 Å². The molecule has 0 aliphatic rings. The summed E-state index contributed by atoms with van der Waals surface area (Å²) in [6, 6.07) is 0. The Morgan fingerprint density at radius 2 is 0.568 bits per heavy atom. The minimum Gasteiger partial charge on any atom is -0.394 e. The van der Waals surface area contributed by atoms with Gasteiger partial charge in [-0.2, -0.15) is 0 Å². The molecule has 0 saturated heterocycles. The molecule has 0 amide bonds. The molecule has 0 heterocycles. The summed E-state index contributed by atoms with van der Waals surface area (Å²) in [7, 11) is 0. The minimum absolute atomic E-state index is 0.133. The molecule has 0 aromatic heterocycles. The Labute approximate surface area is 227 Å². The molecule has 37 heavy (non-hydrogen) atoms. The zero-order valence-corrected chi connectivity index (χ0v) is 23.8. The summed E-state index contributed by atoms with van der Waals surface area (Å²) in [6.45, 7) is 0.841. The molecule has 7 nitrogen and oxygen atoms in total. The molecular weight excluding hydrogens is 472 g/mol. The van der Waals surface area contributed by atoms with Crippen LogP contribution >= 0.6 is 0 Å². The Balaban J connectivity index is 3.30. The lowest BCUT2D eigenvalue weighted by Crippen LogP contribution is -2.14. The van der Waals surface area contributed by atoms with Crippen LogP contribution in [-0.2, 0) is 4.74 Å². The third-order valence-corrected chi connectivity index (χ3v) is 7.26. The molecular formula is C30H62O7. The second-order valence-electron chi connectivity index (χ2n) is 11.0. The number of hydrogen-bond acceptors (Lipinski definition) is 7. The lowest BCUT2D eigenvalue weighted by Gasteiger charge is -2.13. The SMILES string of the molecule is OCC(O)CCCCCCCCCCC(O)CCOCCC(O)CCCCCCCCCCC(O)CO. The van der Waals surface area contributed by atoms with Crippen molar-refractivity contribution in [3.8, 4) is 0 Å². The monoisotopic (exact) mass is 534 g/mol. The summed E-state index contributed by atoms with van der Waals surface area (Å²) < 4.78 is 5.62. The third-order valence-electron chi connectivity index (χ3n) is 7.26. The molecule has 7 heteroatoms. The van der Waals surface area contributed by atoms with Crippen LogP contribution in [0.2, 0.25) is 0 Å². The van der Waals surface area contributed by atoms with E-state index in [4.69, 9.17) is 14.9 Å². The highest BCUT2D eigenvalue weighted by molar-refractivity contribution is 4.59. The normalized spacial score (nSPS) is 15.1. The van der Waals surface area contributed by atoms with E-state index in [9.17, 15) is 20.4 Å². The molecule has 0 rings (SSSR count). The lowest BCUT2D eigenvalue weighted by atomic mass is 10.0. The van der Waals surface area contributed by atoms with Crippen molar-refractivity contribution in [3.63, 3.8) is 0 Å². The largest absolute Gasteiger partial charge is 0.394 e. The molecule has 0 aromatic rings. The first-order chi connectivity index (χ1) is 18.0. The van der Waals surface area contributed by atoms with Gasteiger partial charge in [-0.1, -0.05) is 103 Å². The Bertz CT molecular complexity index is 400. The fourth-order valence-corrected chi connectivity index (χ4v) is 4.65. The first-order valence-corrected chi connectivity index (χ1v) is 15.5. The summed E-state index contributed by atoms with van der Waals surface area (Å²) in [5, 5.41) is 56.4. The van der Waals surface area contributed by atoms with Crippen molar-refractivity contribution in [2.45, 2.75) is 166 Å². The van der Waals surface area contributed by atoms with Crippen LogP contribution in [0.5, 0.6) is 0 Å². The Morgan fingerprint density at radius 1 is 0.324 bits per heavy atom. The van der Waals surface area contributed by atoms with Crippen LogP contribution in [0.25, 0.3) is 0 Å². The molecule has 0 radical (unpaired) electrons. The van der Waals surface area contributed by atoms with Gasteiger partial charge in [0.25, 0.3) is 0 Å². The van der Waals surface area contributed by atoms with E-state index in [0.29, 0.717) is 38.9 Å². The molecule has 0 aromatic carbocycles. The first kappa shape index (κ1) is 36.7. The average molecular weight is 535 g/mol. The van der Waals surface area contributed by atoms with Gasteiger partial charge in [0.15, 0.2) is 0 Å². The first-order valence-electron chi connectivity index (χ1n) is 15.5. The Hall–Kier alpha value is -0.280. The maximum Gasteiger partial charge on any atom is 0.0770 e. The van der Waals surface area contributed by atoms with Gasteiger partial charge in [0.05, 0.1) is 37.6 Å². The van der Waals surface area contributed by atoms with Crippen molar-refractivity contribution in [2.24, 2.45) is 0 Å². The number of aliphatic hydroxyl groups excluding tert-OH is 6. The molecule has 4 atom stereocenters. The van der Waals surface area contributed by atoms with Crippen LogP contribution in [-0.4, -0.2) is 81.5 Å². The molecule has 0 spiro atoms. The highest BCUT2D eigenvalue weighted by Crippen LogP contribution is 2.14. The topological polar surface area (TPSA) is 131 Å². The molecule has 6 N–H and O–H groups in total. The van der Waals surface area contributed by atoms with E-state index in [1.807, 2.05) is 0 Å². The smallest absolute Gasteiger partial charge is 0.0770 e. The average Bonchev–Trinajstić information content (AvgIpc) is 2.90. The maximum absolute atomic E-state index is 10.1. The molecule has 0 saturated carbocycles.